The predicted molar refractivity (Wildman–Crippen MR) is 110 cm³/mol. The lowest BCUT2D eigenvalue weighted by molar-refractivity contribution is -0.308. The quantitative estimate of drug-likeness (QED) is 0.443. The van der Waals surface area contributed by atoms with Gasteiger partial charge in [-0.3, -0.25) is 4.90 Å². The van der Waals surface area contributed by atoms with E-state index in [1.54, 1.807) is 12.1 Å². The molecule has 1 aromatic carbocycles. The Labute approximate surface area is 197 Å². The third kappa shape index (κ3) is 6.90. The third-order valence-electron chi connectivity index (χ3n) is 5.67. The van der Waals surface area contributed by atoms with Crippen LogP contribution in [0.3, 0.4) is 0 Å². The van der Waals surface area contributed by atoms with Crippen LogP contribution in [-0.2, 0) is 20.8 Å². The van der Waals surface area contributed by atoms with Gasteiger partial charge in [0.25, 0.3) is 6.10 Å². The minimum absolute atomic E-state index is 0.114. The number of methoxy groups -OCH3 is 1. The second-order valence-corrected chi connectivity index (χ2v) is 8.05. The number of hydrogen-bond donors (Lipinski definition) is 0. The number of nitrogens with zero attached hydrogens (tertiary/aromatic N) is 3. The van der Waals surface area contributed by atoms with Gasteiger partial charge in [-0.15, -0.1) is 0 Å². The third-order valence-corrected chi connectivity index (χ3v) is 5.67. The van der Waals surface area contributed by atoms with E-state index in [-0.39, 0.29) is 26.2 Å². The van der Waals surface area contributed by atoms with E-state index >= 15 is 0 Å². The van der Waals surface area contributed by atoms with Crippen LogP contribution in [0.2, 0.25) is 0 Å². The molecule has 196 valence electrons. The normalized spacial score (nSPS) is 18.1. The van der Waals surface area contributed by atoms with E-state index in [9.17, 15) is 35.9 Å². The maximum atomic E-state index is 12.6. The molecule has 2 heterocycles. The lowest BCUT2D eigenvalue weighted by Crippen LogP contribution is -2.52. The number of halogens is 6. The summed E-state index contributed by atoms with van der Waals surface area (Å²) in [4.78, 5) is 29.0. The van der Waals surface area contributed by atoms with Crippen LogP contribution in [-0.4, -0.2) is 99.9 Å². The summed E-state index contributed by atoms with van der Waals surface area (Å²) < 4.78 is 89.9. The fourth-order valence-corrected chi connectivity index (χ4v) is 3.88. The molecular formula is C21H25F6N3O5. The molecule has 1 amide bonds. The molecule has 1 aromatic rings. The highest BCUT2D eigenvalue weighted by Gasteiger charge is 2.60. The first-order valence-electron chi connectivity index (χ1n) is 10.8. The number of ether oxygens (including phenoxy) is 3. The molecule has 3 rings (SSSR count). The Kier molecular flexibility index (Phi) is 8.36. The molecule has 2 aliphatic heterocycles. The molecular weight excluding hydrogens is 488 g/mol. The van der Waals surface area contributed by atoms with Crippen molar-refractivity contribution in [3.8, 4) is 0 Å². The Hall–Kier alpha value is -2.74. The summed E-state index contributed by atoms with van der Waals surface area (Å²) in [5.41, 5.74) is 1.84. The van der Waals surface area contributed by atoms with E-state index < -0.39 is 30.5 Å². The summed E-state index contributed by atoms with van der Waals surface area (Å²) in [6, 6.07) is 5.32. The number of benzene rings is 1. The number of carbonyl (C=O) groups excluding carboxylic acids is 2. The van der Waals surface area contributed by atoms with Crippen molar-refractivity contribution in [2.24, 2.45) is 0 Å². The summed E-state index contributed by atoms with van der Waals surface area (Å²) in [6.07, 6.45) is -17.4. The molecule has 14 heteroatoms. The summed E-state index contributed by atoms with van der Waals surface area (Å²) in [7, 11) is 1.28. The maximum Gasteiger partial charge on any atom is 0.434 e. The van der Waals surface area contributed by atoms with Crippen molar-refractivity contribution in [2.75, 3.05) is 64.5 Å². The Morgan fingerprint density at radius 1 is 0.971 bits per heavy atom. The second-order valence-electron chi connectivity index (χ2n) is 8.05. The highest BCUT2D eigenvalue weighted by molar-refractivity contribution is 5.96. The molecule has 2 fully saturated rings. The molecule has 0 spiro atoms. The monoisotopic (exact) mass is 513 g/mol. The number of carbonyl (C=O) groups is 2. The van der Waals surface area contributed by atoms with Crippen LogP contribution in [0.1, 0.15) is 15.9 Å². The SMILES string of the molecule is COC(=O)c1cc(CN2CCN(C(=O)OC(C(F)(F)F)C(F)(F)F)CC2)ccc1N1CCOCC1. The van der Waals surface area contributed by atoms with Gasteiger partial charge < -0.3 is 24.0 Å². The smallest absolute Gasteiger partial charge is 0.434 e. The number of alkyl halides is 6. The van der Waals surface area contributed by atoms with E-state index in [0.717, 1.165) is 10.5 Å². The van der Waals surface area contributed by atoms with Crippen molar-refractivity contribution in [1.82, 2.24) is 9.80 Å². The number of rotatable bonds is 5. The van der Waals surface area contributed by atoms with Crippen LogP contribution < -0.4 is 4.90 Å². The molecule has 0 atom stereocenters. The van der Waals surface area contributed by atoms with E-state index in [4.69, 9.17) is 9.47 Å². The first kappa shape index (κ1) is 26.9. The molecule has 0 radical (unpaired) electrons. The molecule has 0 aromatic heterocycles. The zero-order valence-corrected chi connectivity index (χ0v) is 18.8. The van der Waals surface area contributed by atoms with Gasteiger partial charge in [-0.1, -0.05) is 6.07 Å². The fraction of sp³-hybridized carbons (Fsp3) is 0.619. The zero-order valence-electron chi connectivity index (χ0n) is 18.8. The predicted octanol–water partition coefficient (Wildman–Crippen LogP) is 3.06. The van der Waals surface area contributed by atoms with Crippen molar-refractivity contribution in [3.63, 3.8) is 0 Å². The van der Waals surface area contributed by atoms with E-state index in [2.05, 4.69) is 4.74 Å². The number of morpholine rings is 1. The van der Waals surface area contributed by atoms with Gasteiger partial charge in [-0.05, 0) is 17.7 Å². The van der Waals surface area contributed by atoms with Gasteiger partial charge in [-0.25, -0.2) is 9.59 Å². The minimum Gasteiger partial charge on any atom is -0.465 e. The van der Waals surface area contributed by atoms with Gasteiger partial charge in [0.1, 0.15) is 0 Å². The number of hydrogen-bond acceptors (Lipinski definition) is 7. The Balaban J connectivity index is 1.61. The van der Waals surface area contributed by atoms with E-state index in [1.165, 1.54) is 7.11 Å². The lowest BCUT2D eigenvalue weighted by Gasteiger charge is -2.35. The van der Waals surface area contributed by atoms with Crippen LogP contribution in [0.15, 0.2) is 18.2 Å². The summed E-state index contributed by atoms with van der Waals surface area (Å²) in [5, 5.41) is 0. The van der Waals surface area contributed by atoms with Crippen molar-refractivity contribution in [3.05, 3.63) is 29.3 Å². The minimum atomic E-state index is -5.76. The maximum absolute atomic E-state index is 12.6. The zero-order chi connectivity index (χ0) is 25.8. The lowest BCUT2D eigenvalue weighted by atomic mass is 10.1. The Morgan fingerprint density at radius 3 is 2.11 bits per heavy atom. The summed E-state index contributed by atoms with van der Waals surface area (Å²) in [5.74, 6) is -0.509. The van der Waals surface area contributed by atoms with Gasteiger partial charge >= 0.3 is 24.4 Å². The molecule has 2 aliphatic rings. The van der Waals surface area contributed by atoms with Crippen molar-refractivity contribution < 1.29 is 50.1 Å². The standard InChI is InChI=1S/C21H25F6N3O5/c1-33-17(31)15-12-14(2-3-16(15)29-8-10-34-11-9-29)13-28-4-6-30(7-5-28)19(32)35-18(20(22,23)24)21(25,26)27/h2-3,12,18H,4-11,13H2,1H3. The number of esters is 1. The average molecular weight is 513 g/mol. The first-order chi connectivity index (χ1) is 16.4. The van der Waals surface area contributed by atoms with Crippen LogP contribution in [0.5, 0.6) is 0 Å². The molecule has 8 nitrogen and oxygen atoms in total. The van der Waals surface area contributed by atoms with Crippen LogP contribution >= 0.6 is 0 Å². The van der Waals surface area contributed by atoms with Gasteiger partial charge in [0.15, 0.2) is 0 Å². The van der Waals surface area contributed by atoms with Gasteiger partial charge in [-0.2, -0.15) is 26.3 Å². The summed E-state index contributed by atoms with van der Waals surface area (Å²) in [6.45, 7) is 2.80. The largest absolute Gasteiger partial charge is 0.465 e. The van der Waals surface area contributed by atoms with Gasteiger partial charge in [0, 0.05) is 45.8 Å². The second kappa shape index (κ2) is 10.9. The van der Waals surface area contributed by atoms with Crippen LogP contribution in [0, 0.1) is 0 Å². The van der Waals surface area contributed by atoms with Crippen molar-refractivity contribution in [2.45, 2.75) is 25.0 Å². The van der Waals surface area contributed by atoms with Crippen molar-refractivity contribution >= 4 is 17.7 Å². The highest BCUT2D eigenvalue weighted by Crippen LogP contribution is 2.36. The average Bonchev–Trinajstić information content (AvgIpc) is 2.81. The fourth-order valence-electron chi connectivity index (χ4n) is 3.88. The van der Waals surface area contributed by atoms with Gasteiger partial charge in [0.2, 0.25) is 0 Å². The van der Waals surface area contributed by atoms with Crippen molar-refractivity contribution in [1.29, 1.82) is 0 Å². The van der Waals surface area contributed by atoms with Crippen LogP contribution in [0.4, 0.5) is 36.8 Å². The van der Waals surface area contributed by atoms with E-state index in [0.29, 0.717) is 44.1 Å². The Bertz CT molecular complexity index is 882. The van der Waals surface area contributed by atoms with Gasteiger partial charge in [0.05, 0.1) is 31.6 Å². The van der Waals surface area contributed by atoms with Crippen LogP contribution in [0.25, 0.3) is 0 Å². The Morgan fingerprint density at radius 2 is 1.57 bits per heavy atom. The molecule has 0 unspecified atom stereocenters. The molecule has 2 saturated heterocycles. The molecule has 0 aliphatic carbocycles. The molecule has 0 saturated carbocycles. The molecule has 35 heavy (non-hydrogen) atoms. The number of anilines is 1. The molecule has 0 N–H and O–H groups in total. The number of piperazine rings is 1. The highest BCUT2D eigenvalue weighted by atomic mass is 19.4. The van der Waals surface area contributed by atoms with E-state index in [1.807, 2.05) is 15.9 Å². The topological polar surface area (TPSA) is 71.5 Å². The number of amides is 1. The molecule has 0 bridgehead atoms. The first-order valence-corrected chi connectivity index (χ1v) is 10.8. The summed E-state index contributed by atoms with van der Waals surface area (Å²) >= 11 is 0.